The van der Waals surface area contributed by atoms with E-state index in [9.17, 15) is 14.9 Å². The Balaban J connectivity index is 2.85. The van der Waals surface area contributed by atoms with E-state index >= 15 is 0 Å². The first-order valence-corrected chi connectivity index (χ1v) is 5.96. The van der Waals surface area contributed by atoms with Crippen molar-refractivity contribution in [3.05, 3.63) is 45.0 Å². The highest BCUT2D eigenvalue weighted by Gasteiger charge is 2.23. The number of hydrogen-bond donors (Lipinski definition) is 0. The number of hydrogen-bond acceptors (Lipinski definition) is 4. The van der Waals surface area contributed by atoms with Crippen LogP contribution in [0.25, 0.3) is 0 Å². The highest BCUT2D eigenvalue weighted by molar-refractivity contribution is 6.30. The van der Waals surface area contributed by atoms with Gasteiger partial charge in [0.25, 0.3) is 0 Å². The largest absolute Gasteiger partial charge is 0.466 e. The zero-order chi connectivity index (χ0) is 13.5. The third-order valence-electron chi connectivity index (χ3n) is 2.44. The van der Waals surface area contributed by atoms with Crippen LogP contribution in [-0.2, 0) is 9.53 Å². The first-order valence-electron chi connectivity index (χ1n) is 5.58. The van der Waals surface area contributed by atoms with E-state index in [1.165, 1.54) is 0 Å². The maximum absolute atomic E-state index is 11.8. The summed E-state index contributed by atoms with van der Waals surface area (Å²) in [5.41, 5.74) is 0.680. The van der Waals surface area contributed by atoms with Gasteiger partial charge < -0.3 is 4.74 Å². The summed E-state index contributed by atoms with van der Waals surface area (Å²) >= 11 is 5.76. The van der Waals surface area contributed by atoms with E-state index in [2.05, 4.69) is 0 Å². The van der Waals surface area contributed by atoms with E-state index in [0.29, 0.717) is 10.6 Å². The Bertz CT molecular complexity index is 419. The molecule has 0 aromatic heterocycles. The fraction of sp³-hybridized carbons (Fsp3) is 0.417. The summed E-state index contributed by atoms with van der Waals surface area (Å²) in [5, 5.41) is 11.0. The minimum absolute atomic E-state index is 0.119. The summed E-state index contributed by atoms with van der Waals surface area (Å²) in [6.07, 6.45) is 0.119. The minimum Gasteiger partial charge on any atom is -0.466 e. The molecule has 98 valence electrons. The predicted molar refractivity (Wildman–Crippen MR) is 67.3 cm³/mol. The van der Waals surface area contributed by atoms with E-state index < -0.39 is 16.8 Å². The lowest BCUT2D eigenvalue weighted by Crippen LogP contribution is -2.19. The number of carbonyl (C=O) groups is 1. The van der Waals surface area contributed by atoms with Crippen molar-refractivity contribution in [2.75, 3.05) is 13.2 Å². The fourth-order valence-corrected chi connectivity index (χ4v) is 1.72. The van der Waals surface area contributed by atoms with Crippen LogP contribution >= 0.6 is 11.6 Å². The van der Waals surface area contributed by atoms with Crippen LogP contribution in [0.3, 0.4) is 0 Å². The molecule has 0 bridgehead atoms. The molecule has 0 spiro atoms. The number of halogens is 1. The summed E-state index contributed by atoms with van der Waals surface area (Å²) in [7, 11) is 0. The van der Waals surface area contributed by atoms with Crippen LogP contribution in [0.4, 0.5) is 0 Å². The van der Waals surface area contributed by atoms with Gasteiger partial charge in [0.1, 0.15) is 0 Å². The summed E-state index contributed by atoms with van der Waals surface area (Å²) in [6.45, 7) is 1.68. The maximum Gasteiger partial charge on any atom is 0.313 e. The Hall–Kier alpha value is -1.62. The molecule has 1 unspecified atom stereocenters. The Morgan fingerprint density at radius 2 is 2.06 bits per heavy atom. The molecule has 0 radical (unpaired) electrons. The van der Waals surface area contributed by atoms with Crippen LogP contribution in [0.15, 0.2) is 24.3 Å². The molecule has 0 saturated heterocycles. The first kappa shape index (κ1) is 14.4. The number of rotatable bonds is 6. The lowest BCUT2D eigenvalue weighted by atomic mass is 9.96. The average Bonchev–Trinajstić information content (AvgIpc) is 2.31. The van der Waals surface area contributed by atoms with Crippen molar-refractivity contribution in [3.8, 4) is 0 Å². The number of nitro groups is 1. The van der Waals surface area contributed by atoms with Gasteiger partial charge in [-0.05, 0) is 24.6 Å². The van der Waals surface area contributed by atoms with Crippen molar-refractivity contribution >= 4 is 17.6 Å². The van der Waals surface area contributed by atoms with Gasteiger partial charge in [0, 0.05) is 16.4 Å². The number of carbonyl (C=O) groups excluding carboxylic acids is 1. The molecule has 6 heteroatoms. The lowest BCUT2D eigenvalue weighted by molar-refractivity contribution is -0.480. The second-order valence-electron chi connectivity index (χ2n) is 3.70. The third-order valence-corrected chi connectivity index (χ3v) is 2.70. The first-order chi connectivity index (χ1) is 8.54. The molecule has 1 atom stereocenters. The van der Waals surface area contributed by atoms with Gasteiger partial charge in [-0.15, -0.1) is 0 Å². The van der Waals surface area contributed by atoms with Crippen LogP contribution in [0.1, 0.15) is 24.8 Å². The van der Waals surface area contributed by atoms with E-state index in [1.807, 2.05) is 0 Å². The number of nitrogens with zero attached hydrogens (tertiary/aromatic N) is 1. The number of ether oxygens (including phenoxy) is 1. The van der Waals surface area contributed by atoms with Crippen LogP contribution in [-0.4, -0.2) is 24.0 Å². The Morgan fingerprint density at radius 3 is 2.56 bits per heavy atom. The Kier molecular flexibility index (Phi) is 5.58. The molecule has 0 fully saturated rings. The van der Waals surface area contributed by atoms with E-state index in [4.69, 9.17) is 16.3 Å². The molecule has 5 nitrogen and oxygen atoms in total. The Morgan fingerprint density at radius 1 is 1.44 bits per heavy atom. The van der Waals surface area contributed by atoms with Crippen molar-refractivity contribution < 1.29 is 14.5 Å². The van der Waals surface area contributed by atoms with Gasteiger partial charge in [0.05, 0.1) is 12.5 Å². The second-order valence-corrected chi connectivity index (χ2v) is 4.14. The van der Waals surface area contributed by atoms with E-state index in [0.717, 1.165) is 0 Å². The van der Waals surface area contributed by atoms with Crippen molar-refractivity contribution in [1.82, 2.24) is 0 Å². The quantitative estimate of drug-likeness (QED) is 0.453. The van der Waals surface area contributed by atoms with Gasteiger partial charge in [-0.25, -0.2) is 0 Å². The van der Waals surface area contributed by atoms with Gasteiger partial charge in [-0.1, -0.05) is 23.7 Å². The second kappa shape index (κ2) is 6.96. The molecule has 0 heterocycles. The average molecular weight is 272 g/mol. The van der Waals surface area contributed by atoms with Crippen molar-refractivity contribution in [1.29, 1.82) is 0 Å². The molecule has 1 aromatic rings. The molecule has 0 aliphatic carbocycles. The molecule has 18 heavy (non-hydrogen) atoms. The minimum atomic E-state index is -0.618. The van der Waals surface area contributed by atoms with Gasteiger partial charge in [0.15, 0.2) is 0 Å². The molecule has 0 N–H and O–H groups in total. The summed E-state index contributed by atoms with van der Waals surface area (Å²) in [6, 6.07) is 6.66. The highest BCUT2D eigenvalue weighted by atomic mass is 35.5. The molecular formula is C12H14ClNO4. The van der Waals surface area contributed by atoms with Crippen molar-refractivity contribution in [2.24, 2.45) is 0 Å². The smallest absolute Gasteiger partial charge is 0.313 e. The molecular weight excluding hydrogens is 258 g/mol. The van der Waals surface area contributed by atoms with Gasteiger partial charge >= 0.3 is 5.97 Å². The Labute approximate surface area is 110 Å². The van der Waals surface area contributed by atoms with Crippen molar-refractivity contribution in [3.63, 3.8) is 0 Å². The van der Waals surface area contributed by atoms with E-state index in [-0.39, 0.29) is 19.6 Å². The SMILES string of the molecule is CCOC(=O)C(CC[N+](=O)[O-])c1ccc(Cl)cc1. The van der Waals surface area contributed by atoms with Crippen LogP contribution in [0, 0.1) is 10.1 Å². The summed E-state index contributed by atoms with van der Waals surface area (Å²) in [4.78, 5) is 21.7. The topological polar surface area (TPSA) is 69.4 Å². The summed E-state index contributed by atoms with van der Waals surface area (Å²) < 4.78 is 4.93. The number of benzene rings is 1. The lowest BCUT2D eigenvalue weighted by Gasteiger charge is -2.14. The normalized spacial score (nSPS) is 11.9. The van der Waals surface area contributed by atoms with Crippen LogP contribution in [0.2, 0.25) is 5.02 Å². The molecule has 1 aromatic carbocycles. The maximum atomic E-state index is 11.8. The predicted octanol–water partition coefficient (Wildman–Crippen LogP) is 2.65. The summed E-state index contributed by atoms with van der Waals surface area (Å²) in [5.74, 6) is -1.06. The zero-order valence-electron chi connectivity index (χ0n) is 9.97. The molecule has 1 rings (SSSR count). The highest BCUT2D eigenvalue weighted by Crippen LogP contribution is 2.23. The molecule has 0 aliphatic heterocycles. The monoisotopic (exact) mass is 271 g/mol. The number of esters is 1. The van der Waals surface area contributed by atoms with Gasteiger partial charge in [0.2, 0.25) is 6.54 Å². The molecule has 0 aliphatic rings. The zero-order valence-corrected chi connectivity index (χ0v) is 10.7. The van der Waals surface area contributed by atoms with E-state index in [1.54, 1.807) is 31.2 Å². The van der Waals surface area contributed by atoms with Gasteiger partial charge in [-0.2, -0.15) is 0 Å². The third kappa shape index (κ3) is 4.33. The molecule has 0 amide bonds. The fourth-order valence-electron chi connectivity index (χ4n) is 1.59. The molecule has 0 saturated carbocycles. The standard InChI is InChI=1S/C12H14ClNO4/c1-2-18-12(15)11(7-8-14(16)17)9-3-5-10(13)6-4-9/h3-6,11H,2,7-8H2,1H3. The van der Waals surface area contributed by atoms with Crippen LogP contribution in [0.5, 0.6) is 0 Å². The van der Waals surface area contributed by atoms with Crippen molar-refractivity contribution in [2.45, 2.75) is 19.3 Å². The van der Waals surface area contributed by atoms with Gasteiger partial charge in [-0.3, -0.25) is 14.9 Å². The van der Waals surface area contributed by atoms with Crippen LogP contribution < -0.4 is 0 Å².